The SMILES string of the molecule is C[C@@H](O)[C@H]1C(=O)N2C(C(=O)OCc3ccc([N+](=O)[O-])cc3)=C(c3cn4cnc(C(=O)c5ccccc5)c4s3)C[C@H]12. The van der Waals surface area contributed by atoms with Crippen molar-refractivity contribution < 1.29 is 29.2 Å². The highest BCUT2D eigenvalue weighted by Gasteiger charge is 2.57. The van der Waals surface area contributed by atoms with Crippen LogP contribution in [-0.4, -0.2) is 54.1 Å². The summed E-state index contributed by atoms with van der Waals surface area (Å²) < 4.78 is 7.26. The van der Waals surface area contributed by atoms with Gasteiger partial charge in [-0.1, -0.05) is 30.3 Å². The van der Waals surface area contributed by atoms with Crippen molar-refractivity contribution in [2.75, 3.05) is 0 Å². The van der Waals surface area contributed by atoms with Crippen LogP contribution in [0.1, 0.15) is 39.8 Å². The number of amides is 1. The number of esters is 1. The van der Waals surface area contributed by atoms with Gasteiger partial charge in [-0.25, -0.2) is 9.78 Å². The summed E-state index contributed by atoms with van der Waals surface area (Å²) >= 11 is 1.28. The molecule has 0 radical (unpaired) electrons. The van der Waals surface area contributed by atoms with Crippen molar-refractivity contribution in [2.24, 2.45) is 5.92 Å². The van der Waals surface area contributed by atoms with Crippen LogP contribution >= 0.6 is 11.3 Å². The quantitative estimate of drug-likeness (QED) is 0.114. The Balaban J connectivity index is 1.33. The number of imidazole rings is 1. The second-order valence-electron chi connectivity index (χ2n) is 9.67. The van der Waals surface area contributed by atoms with E-state index in [4.69, 9.17) is 4.74 Å². The third-order valence-corrected chi connectivity index (χ3v) is 8.37. The minimum atomic E-state index is -0.885. The van der Waals surface area contributed by atoms with Gasteiger partial charge in [-0.05, 0) is 31.0 Å². The van der Waals surface area contributed by atoms with E-state index in [1.54, 1.807) is 41.8 Å². The lowest BCUT2D eigenvalue weighted by Crippen LogP contribution is -2.61. The number of ether oxygens (including phenoxy) is 1. The number of β-lactam (4-membered cyclic amide) rings is 1. The first-order valence-corrected chi connectivity index (χ1v) is 13.3. The number of thiazole rings is 1. The molecule has 4 heterocycles. The Morgan fingerprint density at radius 2 is 1.93 bits per heavy atom. The van der Waals surface area contributed by atoms with Crippen molar-refractivity contribution in [1.82, 2.24) is 14.3 Å². The van der Waals surface area contributed by atoms with Gasteiger partial charge >= 0.3 is 5.97 Å². The number of nitro benzene ring substituents is 1. The molecule has 1 N–H and O–H groups in total. The second-order valence-corrected chi connectivity index (χ2v) is 10.7. The molecule has 4 aromatic rings. The van der Waals surface area contributed by atoms with E-state index in [-0.39, 0.29) is 35.4 Å². The maximum Gasteiger partial charge on any atom is 0.355 e. The van der Waals surface area contributed by atoms with E-state index in [2.05, 4.69) is 4.98 Å². The summed E-state index contributed by atoms with van der Waals surface area (Å²) in [6.45, 7) is 1.40. The Bertz CT molecular complexity index is 1710. The van der Waals surface area contributed by atoms with Crippen LogP contribution in [-0.2, 0) is 20.9 Å². The molecular weight excluding hydrogens is 536 g/mol. The molecule has 12 heteroatoms. The molecule has 0 spiro atoms. The van der Waals surface area contributed by atoms with Gasteiger partial charge < -0.3 is 14.7 Å². The number of carbonyl (C=O) groups is 3. The van der Waals surface area contributed by atoms with E-state index in [1.165, 1.54) is 46.8 Å². The van der Waals surface area contributed by atoms with Crippen LogP contribution < -0.4 is 0 Å². The van der Waals surface area contributed by atoms with Crippen molar-refractivity contribution in [1.29, 1.82) is 0 Å². The lowest BCUT2D eigenvalue weighted by Gasteiger charge is -2.44. The monoisotopic (exact) mass is 558 g/mol. The fourth-order valence-electron chi connectivity index (χ4n) is 5.23. The summed E-state index contributed by atoms with van der Waals surface area (Å²) in [7, 11) is 0. The topological polar surface area (TPSA) is 144 Å². The number of nitrogens with zero attached hydrogens (tertiary/aromatic N) is 4. The van der Waals surface area contributed by atoms with Gasteiger partial charge in [-0.2, -0.15) is 0 Å². The standard InChI is InChI=1S/C28H22N4O7S/c1-15(33)22-20-11-19(21-12-30-14-29-23(27(30)40-21)25(34)17-5-3-2-4-6-17)24(31(20)26(22)35)28(36)39-13-16-7-9-18(10-8-16)32(37)38/h2-10,12,14-15,20,22,33H,11,13H2,1H3/t15-,20-,22-/m1/s1. The van der Waals surface area contributed by atoms with Gasteiger partial charge in [0.15, 0.2) is 0 Å². The number of aliphatic hydroxyl groups is 1. The maximum absolute atomic E-state index is 13.4. The van der Waals surface area contributed by atoms with Crippen LogP contribution in [0.3, 0.4) is 0 Å². The van der Waals surface area contributed by atoms with E-state index in [0.29, 0.717) is 32.8 Å². The first-order chi connectivity index (χ1) is 19.2. The van der Waals surface area contributed by atoms with Crippen molar-refractivity contribution in [2.45, 2.75) is 32.1 Å². The van der Waals surface area contributed by atoms with Crippen molar-refractivity contribution in [3.63, 3.8) is 0 Å². The molecule has 40 heavy (non-hydrogen) atoms. The third kappa shape index (κ3) is 4.17. The Labute approximate surface area is 231 Å². The average Bonchev–Trinajstić information content (AvgIpc) is 3.63. The molecule has 2 aliphatic rings. The van der Waals surface area contributed by atoms with Crippen LogP contribution in [0.5, 0.6) is 0 Å². The van der Waals surface area contributed by atoms with E-state index in [0.717, 1.165) is 0 Å². The molecule has 1 fully saturated rings. The number of hydrogen-bond donors (Lipinski definition) is 1. The number of rotatable bonds is 8. The molecule has 1 amide bonds. The minimum absolute atomic E-state index is 0.0808. The molecule has 2 aromatic heterocycles. The van der Waals surface area contributed by atoms with Gasteiger partial charge in [0.1, 0.15) is 29.2 Å². The van der Waals surface area contributed by atoms with Crippen LogP contribution in [0.15, 0.2) is 72.8 Å². The van der Waals surface area contributed by atoms with Crippen molar-refractivity contribution in [3.8, 4) is 0 Å². The smallest absolute Gasteiger partial charge is 0.355 e. The predicted octanol–water partition coefficient (Wildman–Crippen LogP) is 3.60. The molecular formula is C28H22N4O7S. The first-order valence-electron chi connectivity index (χ1n) is 12.5. The number of aliphatic hydroxyl groups excluding tert-OH is 1. The Hall–Kier alpha value is -4.68. The van der Waals surface area contributed by atoms with Crippen LogP contribution in [0.25, 0.3) is 10.4 Å². The summed E-state index contributed by atoms with van der Waals surface area (Å²) in [4.78, 5) is 56.8. The predicted molar refractivity (Wildman–Crippen MR) is 143 cm³/mol. The third-order valence-electron chi connectivity index (χ3n) is 7.20. The highest BCUT2D eigenvalue weighted by Crippen LogP contribution is 2.48. The second kappa shape index (κ2) is 9.81. The zero-order valence-electron chi connectivity index (χ0n) is 21.1. The molecule has 1 saturated heterocycles. The van der Waals surface area contributed by atoms with Crippen LogP contribution in [0.2, 0.25) is 0 Å². The number of benzene rings is 2. The number of nitro groups is 1. The van der Waals surface area contributed by atoms with Gasteiger partial charge in [0.05, 0.1) is 27.9 Å². The molecule has 3 atom stereocenters. The summed E-state index contributed by atoms with van der Waals surface area (Å²) in [5.41, 5.74) is 1.94. The number of aromatic nitrogens is 2. The highest BCUT2D eigenvalue weighted by molar-refractivity contribution is 7.18. The summed E-state index contributed by atoms with van der Waals surface area (Å²) in [6.07, 6.45) is 2.75. The van der Waals surface area contributed by atoms with Crippen LogP contribution in [0.4, 0.5) is 5.69 Å². The molecule has 2 aromatic carbocycles. The largest absolute Gasteiger partial charge is 0.456 e. The Kier molecular flexibility index (Phi) is 6.28. The summed E-state index contributed by atoms with van der Waals surface area (Å²) in [6, 6.07) is 14.0. The number of carbonyl (C=O) groups excluding carboxylic acids is 3. The zero-order valence-corrected chi connectivity index (χ0v) is 21.9. The van der Waals surface area contributed by atoms with Crippen molar-refractivity contribution >= 4 is 45.1 Å². The highest BCUT2D eigenvalue weighted by atomic mass is 32.1. The van der Waals surface area contributed by atoms with E-state index in [9.17, 15) is 29.6 Å². The van der Waals surface area contributed by atoms with Gasteiger partial charge in [0.25, 0.3) is 5.69 Å². The number of non-ortho nitro benzene ring substituents is 1. The van der Waals surface area contributed by atoms with E-state index >= 15 is 0 Å². The molecule has 2 aliphatic heterocycles. The molecule has 0 bridgehead atoms. The van der Waals surface area contributed by atoms with E-state index in [1.807, 2.05) is 6.07 Å². The summed E-state index contributed by atoms with van der Waals surface area (Å²) in [5, 5.41) is 21.1. The van der Waals surface area contributed by atoms with Gasteiger partial charge in [0.2, 0.25) is 11.7 Å². The first kappa shape index (κ1) is 25.6. The van der Waals surface area contributed by atoms with Gasteiger partial charge in [0, 0.05) is 29.5 Å². The lowest BCUT2D eigenvalue weighted by atomic mass is 9.83. The molecule has 0 aliphatic carbocycles. The Morgan fingerprint density at radius 3 is 2.60 bits per heavy atom. The molecule has 11 nitrogen and oxygen atoms in total. The van der Waals surface area contributed by atoms with Crippen LogP contribution in [0, 0.1) is 16.0 Å². The number of hydrogen-bond acceptors (Lipinski definition) is 9. The van der Waals surface area contributed by atoms with Gasteiger partial charge in [-0.15, -0.1) is 11.3 Å². The molecule has 202 valence electrons. The number of fused-ring (bicyclic) bond motifs is 2. The summed E-state index contributed by atoms with van der Waals surface area (Å²) in [5.74, 6) is -1.95. The number of ketones is 1. The molecule has 0 unspecified atom stereocenters. The fourth-order valence-corrected chi connectivity index (χ4v) is 6.36. The maximum atomic E-state index is 13.4. The fraction of sp³-hybridized carbons (Fsp3) is 0.214. The Morgan fingerprint density at radius 1 is 1.20 bits per heavy atom. The minimum Gasteiger partial charge on any atom is -0.456 e. The van der Waals surface area contributed by atoms with E-state index < -0.39 is 29.0 Å². The average molecular weight is 559 g/mol. The van der Waals surface area contributed by atoms with Gasteiger partial charge in [-0.3, -0.25) is 24.1 Å². The lowest BCUT2D eigenvalue weighted by molar-refractivity contribution is -0.384. The molecule has 0 saturated carbocycles. The zero-order chi connectivity index (χ0) is 28.1. The normalized spacial score (nSPS) is 18.9. The molecule has 6 rings (SSSR count). The van der Waals surface area contributed by atoms with Crippen molar-refractivity contribution in [3.05, 3.63) is 105 Å².